The van der Waals surface area contributed by atoms with E-state index in [0.29, 0.717) is 35.8 Å². The van der Waals surface area contributed by atoms with Crippen LogP contribution in [0.2, 0.25) is 0 Å². The highest BCUT2D eigenvalue weighted by molar-refractivity contribution is 6.10. The van der Waals surface area contributed by atoms with Gasteiger partial charge < -0.3 is 45.5 Å². The number of nitrogens with one attached hydrogen (secondary N) is 4. The minimum Gasteiger partial charge on any atom is -0.497 e. The van der Waals surface area contributed by atoms with Crippen LogP contribution in [0.15, 0.2) is 121 Å². The maximum Gasteiger partial charge on any atom is 0.305 e. The summed E-state index contributed by atoms with van der Waals surface area (Å²) in [5, 5.41) is 22.6. The average molecular weight is 888 g/mol. The Morgan fingerprint density at radius 1 is 0.738 bits per heavy atom. The van der Waals surface area contributed by atoms with E-state index in [0.717, 1.165) is 16.7 Å². The molecule has 0 aliphatic rings. The third-order valence-electron chi connectivity index (χ3n) is 10.9. The van der Waals surface area contributed by atoms with Gasteiger partial charge in [-0.15, -0.1) is 0 Å². The first-order valence-electron chi connectivity index (χ1n) is 21.8. The smallest absolute Gasteiger partial charge is 0.305 e. The average Bonchev–Trinajstić information content (AvgIpc) is 3.30. The molecular weight excluding hydrogens is 827 g/mol. The third-order valence-corrected chi connectivity index (χ3v) is 10.9. The van der Waals surface area contributed by atoms with Crippen molar-refractivity contribution in [2.24, 2.45) is 5.92 Å². The Morgan fingerprint density at radius 2 is 1.42 bits per heavy atom. The zero-order valence-corrected chi connectivity index (χ0v) is 37.8. The number of nitrogens with zero attached hydrogens (tertiary/aromatic N) is 1. The monoisotopic (exact) mass is 887 g/mol. The van der Waals surface area contributed by atoms with E-state index in [1.165, 1.54) is 4.90 Å². The molecule has 0 aliphatic heterocycles. The summed E-state index contributed by atoms with van der Waals surface area (Å²) in [6.45, 7) is 4.29. The molecule has 0 unspecified atom stereocenters. The highest BCUT2D eigenvalue weighted by atomic mass is 16.5. The Morgan fingerprint density at radius 3 is 2.09 bits per heavy atom. The number of amides is 4. The van der Waals surface area contributed by atoms with E-state index in [1.807, 2.05) is 111 Å². The van der Waals surface area contributed by atoms with Crippen molar-refractivity contribution < 1.29 is 43.3 Å². The predicted molar refractivity (Wildman–Crippen MR) is 250 cm³/mol. The fraction of sp³-hybridized carbons (Fsp3) is 0.353. The first-order chi connectivity index (χ1) is 31.4. The highest BCUT2D eigenvalue weighted by Gasteiger charge is 2.33. The molecule has 0 bridgehead atoms. The van der Waals surface area contributed by atoms with Gasteiger partial charge in [0.05, 0.1) is 44.4 Å². The van der Waals surface area contributed by atoms with Gasteiger partial charge in [-0.05, 0) is 77.9 Å². The summed E-state index contributed by atoms with van der Waals surface area (Å²) in [5.74, 6) is -2.32. The molecule has 0 fully saturated rings. The number of benzene rings is 5. The molecule has 0 radical (unpaired) electrons. The van der Waals surface area contributed by atoms with Gasteiger partial charge in [-0.3, -0.25) is 24.0 Å². The number of rotatable bonds is 25. The Balaban J connectivity index is 1.39. The fourth-order valence-corrected chi connectivity index (χ4v) is 7.48. The molecule has 5 aromatic carbocycles. The topological polar surface area (TPSA) is 185 Å². The first kappa shape index (κ1) is 49.2. The first-order valence-corrected chi connectivity index (χ1v) is 21.8. The summed E-state index contributed by atoms with van der Waals surface area (Å²) in [6.07, 6.45) is 0.682. The quantitative estimate of drug-likeness (QED) is 0.0497. The van der Waals surface area contributed by atoms with Gasteiger partial charge in [0.1, 0.15) is 30.2 Å². The normalized spacial score (nSPS) is 13.0. The van der Waals surface area contributed by atoms with E-state index < -0.39 is 54.3 Å². The molecule has 0 aromatic heterocycles. The summed E-state index contributed by atoms with van der Waals surface area (Å²) >= 11 is 0. The van der Waals surface area contributed by atoms with Crippen LogP contribution in [0.5, 0.6) is 11.5 Å². The van der Waals surface area contributed by atoms with Crippen LogP contribution in [-0.2, 0) is 43.4 Å². The van der Waals surface area contributed by atoms with Gasteiger partial charge in [0.15, 0.2) is 0 Å². The van der Waals surface area contributed by atoms with Crippen LogP contribution in [0.3, 0.4) is 0 Å². The van der Waals surface area contributed by atoms with E-state index in [-0.39, 0.29) is 49.5 Å². The number of methoxy groups -OCH3 is 1. The Hall–Kier alpha value is -6.77. The largest absolute Gasteiger partial charge is 0.497 e. The van der Waals surface area contributed by atoms with Crippen molar-refractivity contribution >= 4 is 40.4 Å². The second-order valence-electron chi connectivity index (χ2n) is 16.3. The molecule has 4 atom stereocenters. The number of likely N-dealkylation sites (N-methyl/N-ethyl adjacent to an activating group) is 2. The van der Waals surface area contributed by atoms with E-state index >= 15 is 0 Å². The molecule has 0 spiro atoms. The maximum absolute atomic E-state index is 14.5. The van der Waals surface area contributed by atoms with Crippen molar-refractivity contribution in [3.05, 3.63) is 144 Å². The van der Waals surface area contributed by atoms with Crippen LogP contribution in [0.1, 0.15) is 53.7 Å². The molecule has 0 saturated heterocycles. The molecule has 14 nitrogen and oxygen atoms in total. The van der Waals surface area contributed by atoms with E-state index in [4.69, 9.17) is 14.2 Å². The van der Waals surface area contributed by atoms with Gasteiger partial charge in [-0.1, -0.05) is 117 Å². The number of ether oxygens (including phenoxy) is 3. The molecular formula is C51H61N5O9. The molecule has 5 N–H and O–H groups in total. The van der Waals surface area contributed by atoms with Gasteiger partial charge in [0, 0.05) is 13.6 Å². The van der Waals surface area contributed by atoms with Crippen molar-refractivity contribution in [2.45, 2.75) is 70.3 Å². The van der Waals surface area contributed by atoms with Crippen molar-refractivity contribution in [3.63, 3.8) is 0 Å². The molecule has 344 valence electrons. The number of hydrogen-bond acceptors (Lipinski definition) is 9. The lowest BCUT2D eigenvalue weighted by Gasteiger charge is -2.32. The second kappa shape index (κ2) is 24.9. The zero-order valence-electron chi connectivity index (χ0n) is 37.8. The van der Waals surface area contributed by atoms with Crippen LogP contribution in [-0.4, -0.2) is 105 Å². The lowest BCUT2D eigenvalue weighted by molar-refractivity contribution is -0.143. The summed E-state index contributed by atoms with van der Waals surface area (Å²) in [4.78, 5) is 69.6. The lowest BCUT2D eigenvalue weighted by atomic mass is 10.0. The lowest BCUT2D eigenvalue weighted by Crippen LogP contribution is -2.57. The summed E-state index contributed by atoms with van der Waals surface area (Å²) in [5.41, 5.74) is 2.81. The number of carboxylic acid groups (broad SMARTS) is 1. The number of carbonyl (C=O) groups is 5. The van der Waals surface area contributed by atoms with Crippen molar-refractivity contribution in [1.29, 1.82) is 0 Å². The Bertz CT molecular complexity index is 2340. The van der Waals surface area contributed by atoms with Crippen molar-refractivity contribution in [3.8, 4) is 11.5 Å². The van der Waals surface area contributed by atoms with E-state index in [9.17, 15) is 29.1 Å². The van der Waals surface area contributed by atoms with Gasteiger partial charge in [0.2, 0.25) is 17.7 Å². The van der Waals surface area contributed by atoms with Crippen molar-refractivity contribution in [2.75, 3.05) is 41.0 Å². The SMILES string of the molecule is CN[C@@H](CC(C)C)C(=O)N(C)[C@H](COCc1ccccc1)C(=O)N[C@@H](COc1ccc2ccccc2c1C(=O)N[C@@H](CC(=O)O)C(=O)NCCc1cccc(OC)c1)Cc1ccccc1. The predicted octanol–water partition coefficient (Wildman–Crippen LogP) is 5.56. The molecule has 4 amide bonds. The highest BCUT2D eigenvalue weighted by Crippen LogP contribution is 2.29. The van der Waals surface area contributed by atoms with Crippen LogP contribution in [0.25, 0.3) is 10.8 Å². The van der Waals surface area contributed by atoms with Crippen LogP contribution < -0.4 is 30.7 Å². The molecule has 0 saturated carbocycles. The van der Waals surface area contributed by atoms with Gasteiger partial charge in [-0.2, -0.15) is 0 Å². The number of aliphatic carboxylic acids is 1. The molecule has 0 heterocycles. The van der Waals surface area contributed by atoms with Crippen LogP contribution in [0.4, 0.5) is 0 Å². The number of hydrogen-bond donors (Lipinski definition) is 5. The molecule has 14 heteroatoms. The fourth-order valence-electron chi connectivity index (χ4n) is 7.48. The Kier molecular flexibility index (Phi) is 18.9. The minimum atomic E-state index is -1.41. The second-order valence-corrected chi connectivity index (χ2v) is 16.3. The number of carbonyl (C=O) groups excluding carboxylic acids is 4. The molecule has 5 rings (SSSR count). The standard InChI is InChI=1S/C51H61N5O9/c1-34(2)27-43(52-3)51(62)56(4)44(33-64-31-37-17-10-7-11-18-37)49(60)54-39(28-35-15-8-6-9-16-35)32-65-45-24-23-38-20-12-13-22-41(38)47(45)50(61)55-42(30-46(57)58)48(59)53-26-25-36-19-14-21-40(29-36)63-5/h6-24,29,34,39,42-44,52H,25-28,30-33H2,1-5H3,(H,53,59)(H,54,60)(H,55,61)(H,57,58)/t39-,42+,43+,44-/m1/s1. The van der Waals surface area contributed by atoms with Gasteiger partial charge >= 0.3 is 5.97 Å². The summed E-state index contributed by atoms with van der Waals surface area (Å²) in [6, 6.07) is 33.4. The molecule has 5 aromatic rings. The maximum atomic E-state index is 14.5. The molecule has 0 aliphatic carbocycles. The summed E-state index contributed by atoms with van der Waals surface area (Å²) < 4.78 is 17.8. The third kappa shape index (κ3) is 14.9. The Labute approximate surface area is 381 Å². The minimum absolute atomic E-state index is 0.0823. The zero-order chi connectivity index (χ0) is 46.7. The van der Waals surface area contributed by atoms with Crippen molar-refractivity contribution in [1.82, 2.24) is 26.2 Å². The van der Waals surface area contributed by atoms with Crippen LogP contribution in [0, 0.1) is 5.92 Å². The van der Waals surface area contributed by atoms with E-state index in [2.05, 4.69) is 21.3 Å². The van der Waals surface area contributed by atoms with Gasteiger partial charge in [-0.25, -0.2) is 0 Å². The summed E-state index contributed by atoms with van der Waals surface area (Å²) in [7, 11) is 4.89. The number of carboxylic acids is 1. The molecule has 65 heavy (non-hydrogen) atoms. The number of fused-ring (bicyclic) bond motifs is 1. The van der Waals surface area contributed by atoms with E-state index in [1.54, 1.807) is 45.5 Å². The van der Waals surface area contributed by atoms with Gasteiger partial charge in [0.25, 0.3) is 5.91 Å². The van der Waals surface area contributed by atoms with Crippen LogP contribution >= 0.6 is 0 Å².